The van der Waals surface area contributed by atoms with Crippen LogP contribution in [0.2, 0.25) is 0 Å². The van der Waals surface area contributed by atoms with E-state index in [9.17, 15) is 14.7 Å². The molecule has 29 heavy (non-hydrogen) atoms. The van der Waals surface area contributed by atoms with E-state index in [0.717, 1.165) is 0 Å². The monoisotopic (exact) mass is 409 g/mol. The standard InChI is InChI=1S/C22H23N3O3S/c1-14(2)11-18(24-20(27)15-7-6-10-17(26)12-15)22-25-19(13-29-22)21(28)23-16-8-4-3-5-9-16/h3-10,12-14,18,26H,11H2,1-2H3,(H,23,28)(H,24,27)/t18-/m0/s1. The summed E-state index contributed by atoms with van der Waals surface area (Å²) in [6.07, 6.45) is 0.678. The molecular formula is C22H23N3O3S. The van der Waals surface area contributed by atoms with Crippen molar-refractivity contribution in [1.82, 2.24) is 10.3 Å². The molecule has 0 aliphatic heterocycles. The number of aromatic hydroxyl groups is 1. The van der Waals surface area contributed by atoms with Gasteiger partial charge in [-0.1, -0.05) is 38.1 Å². The number of rotatable bonds is 7. The fourth-order valence-electron chi connectivity index (χ4n) is 2.85. The number of aromatic nitrogens is 1. The molecule has 3 N–H and O–H groups in total. The van der Waals surface area contributed by atoms with Crippen molar-refractivity contribution < 1.29 is 14.7 Å². The predicted molar refractivity (Wildman–Crippen MR) is 114 cm³/mol. The fraction of sp³-hybridized carbons (Fsp3) is 0.227. The normalized spacial score (nSPS) is 11.8. The molecule has 1 heterocycles. The Bertz CT molecular complexity index is 986. The SMILES string of the molecule is CC(C)C[C@H](NC(=O)c1cccc(O)c1)c1nc(C(=O)Nc2ccccc2)cs1. The molecule has 3 rings (SSSR count). The van der Waals surface area contributed by atoms with E-state index < -0.39 is 0 Å². The molecule has 150 valence electrons. The van der Waals surface area contributed by atoms with Crippen LogP contribution in [0.15, 0.2) is 60.0 Å². The van der Waals surface area contributed by atoms with Crippen LogP contribution in [0.25, 0.3) is 0 Å². The number of carbonyl (C=O) groups excluding carboxylic acids is 2. The molecule has 0 bridgehead atoms. The van der Waals surface area contributed by atoms with Crippen LogP contribution < -0.4 is 10.6 Å². The molecule has 0 radical (unpaired) electrons. The van der Waals surface area contributed by atoms with E-state index >= 15 is 0 Å². The highest BCUT2D eigenvalue weighted by molar-refractivity contribution is 7.10. The van der Waals surface area contributed by atoms with Gasteiger partial charge in [-0.15, -0.1) is 11.3 Å². The number of hydrogen-bond acceptors (Lipinski definition) is 5. The number of nitrogens with zero attached hydrogens (tertiary/aromatic N) is 1. The molecule has 0 fully saturated rings. The Labute approximate surface area is 173 Å². The van der Waals surface area contributed by atoms with E-state index in [2.05, 4.69) is 29.5 Å². The number of carbonyl (C=O) groups is 2. The number of amides is 2. The summed E-state index contributed by atoms with van der Waals surface area (Å²) in [5, 5.41) is 17.8. The molecule has 0 saturated heterocycles. The average Bonchev–Trinajstić information content (AvgIpc) is 3.18. The number of phenolic OH excluding ortho intramolecular Hbond substituents is 1. The van der Waals surface area contributed by atoms with Gasteiger partial charge in [0.1, 0.15) is 16.5 Å². The van der Waals surface area contributed by atoms with Crippen molar-refractivity contribution in [3.8, 4) is 5.75 Å². The van der Waals surface area contributed by atoms with Crippen molar-refractivity contribution in [2.24, 2.45) is 5.92 Å². The lowest BCUT2D eigenvalue weighted by Gasteiger charge is -2.18. The summed E-state index contributed by atoms with van der Waals surface area (Å²) >= 11 is 1.34. The highest BCUT2D eigenvalue weighted by Gasteiger charge is 2.22. The third-order valence-electron chi connectivity index (χ3n) is 4.21. The van der Waals surface area contributed by atoms with Crippen LogP contribution in [0.1, 0.15) is 52.2 Å². The van der Waals surface area contributed by atoms with Crippen LogP contribution in [0, 0.1) is 5.92 Å². The van der Waals surface area contributed by atoms with Gasteiger partial charge in [-0.05, 0) is 42.7 Å². The minimum Gasteiger partial charge on any atom is -0.508 e. The lowest BCUT2D eigenvalue weighted by atomic mass is 10.0. The van der Waals surface area contributed by atoms with E-state index in [1.807, 2.05) is 30.3 Å². The molecule has 2 amide bonds. The highest BCUT2D eigenvalue weighted by Crippen LogP contribution is 2.26. The van der Waals surface area contributed by atoms with Crippen molar-refractivity contribution in [3.63, 3.8) is 0 Å². The summed E-state index contributed by atoms with van der Waals surface area (Å²) in [6, 6.07) is 15.1. The van der Waals surface area contributed by atoms with Gasteiger partial charge in [0.05, 0.1) is 6.04 Å². The molecule has 7 heteroatoms. The van der Waals surface area contributed by atoms with Gasteiger partial charge < -0.3 is 15.7 Å². The summed E-state index contributed by atoms with van der Waals surface area (Å²) in [4.78, 5) is 29.6. The second-order valence-electron chi connectivity index (χ2n) is 7.10. The van der Waals surface area contributed by atoms with Gasteiger partial charge in [0.25, 0.3) is 11.8 Å². The third-order valence-corrected chi connectivity index (χ3v) is 5.16. The second kappa shape index (κ2) is 9.34. The Morgan fingerprint density at radius 1 is 1.07 bits per heavy atom. The first-order valence-corrected chi connectivity index (χ1v) is 10.2. The van der Waals surface area contributed by atoms with Crippen LogP contribution in [0.4, 0.5) is 5.69 Å². The summed E-state index contributed by atoms with van der Waals surface area (Å²) in [5.41, 5.74) is 1.38. The van der Waals surface area contributed by atoms with Crippen molar-refractivity contribution >= 4 is 28.8 Å². The van der Waals surface area contributed by atoms with Gasteiger partial charge in [-0.2, -0.15) is 0 Å². The molecule has 0 saturated carbocycles. The van der Waals surface area contributed by atoms with Gasteiger partial charge in [0.15, 0.2) is 0 Å². The Balaban J connectivity index is 1.75. The van der Waals surface area contributed by atoms with Crippen molar-refractivity contribution in [1.29, 1.82) is 0 Å². The maximum absolute atomic E-state index is 12.6. The zero-order chi connectivity index (χ0) is 20.8. The van der Waals surface area contributed by atoms with Crippen LogP contribution in [-0.2, 0) is 0 Å². The van der Waals surface area contributed by atoms with Crippen molar-refractivity contribution in [2.75, 3.05) is 5.32 Å². The molecule has 6 nitrogen and oxygen atoms in total. The summed E-state index contributed by atoms with van der Waals surface area (Å²) in [5.74, 6) is -0.236. The number of thiazole rings is 1. The first-order valence-electron chi connectivity index (χ1n) is 9.34. The van der Waals surface area contributed by atoms with E-state index in [0.29, 0.717) is 34.3 Å². The fourth-order valence-corrected chi connectivity index (χ4v) is 3.71. The molecule has 3 aromatic rings. The zero-order valence-electron chi connectivity index (χ0n) is 16.3. The number of phenols is 1. The highest BCUT2D eigenvalue weighted by atomic mass is 32.1. The Hall–Kier alpha value is -3.19. The van der Waals surface area contributed by atoms with Crippen molar-refractivity contribution in [3.05, 3.63) is 76.2 Å². The average molecular weight is 410 g/mol. The molecular weight excluding hydrogens is 386 g/mol. The molecule has 0 spiro atoms. The van der Waals surface area contributed by atoms with Crippen molar-refractivity contribution in [2.45, 2.75) is 26.3 Å². The Morgan fingerprint density at radius 2 is 1.83 bits per heavy atom. The molecule has 0 aliphatic carbocycles. The van der Waals surface area contributed by atoms with E-state index in [-0.39, 0.29) is 23.6 Å². The molecule has 1 atom stereocenters. The van der Waals surface area contributed by atoms with E-state index in [1.54, 1.807) is 17.5 Å². The predicted octanol–water partition coefficient (Wildman–Crippen LogP) is 4.62. The Morgan fingerprint density at radius 3 is 2.52 bits per heavy atom. The maximum atomic E-state index is 12.6. The first-order chi connectivity index (χ1) is 13.9. The van der Waals surface area contributed by atoms with Gasteiger partial charge in [-0.3, -0.25) is 9.59 Å². The molecule has 0 unspecified atom stereocenters. The Kier molecular flexibility index (Phi) is 6.61. The van der Waals surface area contributed by atoms with Gasteiger partial charge in [0.2, 0.25) is 0 Å². The zero-order valence-corrected chi connectivity index (χ0v) is 17.1. The molecule has 2 aromatic carbocycles. The molecule has 0 aliphatic rings. The number of nitrogens with one attached hydrogen (secondary N) is 2. The van der Waals surface area contributed by atoms with Crippen LogP contribution in [0.5, 0.6) is 5.75 Å². The quantitative estimate of drug-likeness (QED) is 0.531. The van der Waals surface area contributed by atoms with Gasteiger partial charge >= 0.3 is 0 Å². The minimum atomic E-state index is -0.326. The van der Waals surface area contributed by atoms with Crippen LogP contribution in [-0.4, -0.2) is 21.9 Å². The lowest BCUT2D eigenvalue weighted by molar-refractivity contribution is 0.0931. The van der Waals surface area contributed by atoms with E-state index in [1.165, 1.54) is 23.5 Å². The summed E-state index contributed by atoms with van der Waals surface area (Å²) in [7, 11) is 0. The molecule has 1 aromatic heterocycles. The topological polar surface area (TPSA) is 91.3 Å². The van der Waals surface area contributed by atoms with Crippen LogP contribution in [0.3, 0.4) is 0 Å². The smallest absolute Gasteiger partial charge is 0.275 e. The largest absolute Gasteiger partial charge is 0.508 e. The van der Waals surface area contributed by atoms with Gasteiger partial charge in [-0.25, -0.2) is 4.98 Å². The first kappa shape index (κ1) is 20.5. The summed E-state index contributed by atoms with van der Waals surface area (Å²) < 4.78 is 0. The minimum absolute atomic E-state index is 0.0344. The van der Waals surface area contributed by atoms with E-state index in [4.69, 9.17) is 0 Å². The third kappa shape index (κ3) is 5.65. The lowest BCUT2D eigenvalue weighted by Crippen LogP contribution is -2.29. The van der Waals surface area contributed by atoms with Gasteiger partial charge in [0, 0.05) is 16.6 Å². The second-order valence-corrected chi connectivity index (χ2v) is 7.99. The number of anilines is 1. The number of hydrogen-bond donors (Lipinski definition) is 3. The maximum Gasteiger partial charge on any atom is 0.275 e. The number of benzene rings is 2. The number of para-hydroxylation sites is 1. The summed E-state index contributed by atoms with van der Waals surface area (Å²) in [6.45, 7) is 4.12. The van der Waals surface area contributed by atoms with Crippen LogP contribution >= 0.6 is 11.3 Å².